The third-order valence-corrected chi connectivity index (χ3v) is 2.16. The summed E-state index contributed by atoms with van der Waals surface area (Å²) in [5.41, 5.74) is 11.3. The minimum absolute atomic E-state index is 0.0228. The van der Waals surface area contributed by atoms with Crippen LogP contribution in [-0.4, -0.2) is 19.7 Å². The molecule has 1 aromatic rings. The second-order valence-corrected chi connectivity index (χ2v) is 3.57. The molecule has 0 saturated heterocycles. The van der Waals surface area contributed by atoms with E-state index in [4.69, 9.17) is 20.9 Å². The van der Waals surface area contributed by atoms with Gasteiger partial charge in [0.05, 0.1) is 19.4 Å². The fraction of sp³-hybridized carbons (Fsp3) is 0.417. The van der Waals surface area contributed by atoms with Crippen LogP contribution in [-0.2, 0) is 0 Å². The summed E-state index contributed by atoms with van der Waals surface area (Å²) in [7, 11) is 1.60. The molecular formula is C12H19N3O2. The lowest BCUT2D eigenvalue weighted by molar-refractivity contribution is 0.288. The molecule has 0 aromatic heterocycles. The van der Waals surface area contributed by atoms with E-state index in [0.29, 0.717) is 23.8 Å². The first-order valence-electron chi connectivity index (χ1n) is 5.57. The molecule has 0 fully saturated rings. The van der Waals surface area contributed by atoms with E-state index in [2.05, 4.69) is 11.9 Å². The van der Waals surface area contributed by atoms with Gasteiger partial charge in [-0.05, 0) is 18.6 Å². The molecule has 17 heavy (non-hydrogen) atoms. The smallest absolute Gasteiger partial charge is 0.191 e. The fourth-order valence-corrected chi connectivity index (χ4v) is 1.32. The average Bonchev–Trinajstić information content (AvgIpc) is 2.29. The zero-order chi connectivity index (χ0) is 12.7. The maximum Gasteiger partial charge on any atom is 0.191 e. The number of aliphatic imine (C=N–C) groups is 1. The number of nitrogens with zero attached hydrogens (tertiary/aromatic N) is 1. The van der Waals surface area contributed by atoms with E-state index in [1.165, 1.54) is 0 Å². The Morgan fingerprint density at radius 2 is 2.06 bits per heavy atom. The zero-order valence-corrected chi connectivity index (χ0v) is 10.3. The predicted molar refractivity (Wildman–Crippen MR) is 68.9 cm³/mol. The number of benzene rings is 1. The first-order valence-corrected chi connectivity index (χ1v) is 5.57. The molecule has 0 bridgehead atoms. The van der Waals surface area contributed by atoms with Crippen molar-refractivity contribution in [2.24, 2.45) is 16.5 Å². The first-order chi connectivity index (χ1) is 8.17. The van der Waals surface area contributed by atoms with Crippen molar-refractivity contribution in [3.63, 3.8) is 0 Å². The van der Waals surface area contributed by atoms with Gasteiger partial charge < -0.3 is 20.9 Å². The molecular weight excluding hydrogens is 218 g/mol. The largest absolute Gasteiger partial charge is 0.493 e. The summed E-state index contributed by atoms with van der Waals surface area (Å²) in [6.45, 7) is 2.76. The molecule has 0 unspecified atom stereocenters. The van der Waals surface area contributed by atoms with Crippen molar-refractivity contribution in [3.05, 3.63) is 18.2 Å². The molecule has 5 nitrogen and oxygen atoms in total. The van der Waals surface area contributed by atoms with Crippen LogP contribution in [0.1, 0.15) is 19.8 Å². The lowest BCUT2D eigenvalue weighted by Crippen LogP contribution is -2.21. The van der Waals surface area contributed by atoms with Crippen LogP contribution in [0.5, 0.6) is 11.5 Å². The van der Waals surface area contributed by atoms with Crippen LogP contribution in [0.25, 0.3) is 0 Å². The SMILES string of the molecule is CCCCOc1cc(N=C(N)N)ccc1OC. The second-order valence-electron chi connectivity index (χ2n) is 3.57. The molecule has 0 radical (unpaired) electrons. The molecule has 0 saturated carbocycles. The number of hydrogen-bond donors (Lipinski definition) is 2. The molecule has 0 aliphatic carbocycles. The van der Waals surface area contributed by atoms with Crippen molar-refractivity contribution >= 4 is 11.6 Å². The molecule has 0 spiro atoms. The maximum absolute atomic E-state index is 5.61. The second kappa shape index (κ2) is 6.62. The number of guanidine groups is 1. The predicted octanol–water partition coefficient (Wildman–Crippen LogP) is 1.78. The van der Waals surface area contributed by atoms with Gasteiger partial charge in [-0.25, -0.2) is 4.99 Å². The monoisotopic (exact) mass is 237 g/mol. The molecule has 94 valence electrons. The van der Waals surface area contributed by atoms with E-state index in [9.17, 15) is 0 Å². The maximum atomic E-state index is 5.61. The lowest BCUT2D eigenvalue weighted by Gasteiger charge is -2.10. The van der Waals surface area contributed by atoms with Crippen LogP contribution in [0.2, 0.25) is 0 Å². The number of methoxy groups -OCH3 is 1. The fourth-order valence-electron chi connectivity index (χ4n) is 1.32. The summed E-state index contributed by atoms with van der Waals surface area (Å²) >= 11 is 0. The summed E-state index contributed by atoms with van der Waals surface area (Å²) < 4.78 is 10.8. The van der Waals surface area contributed by atoms with Crippen molar-refractivity contribution in [2.75, 3.05) is 13.7 Å². The van der Waals surface area contributed by atoms with Gasteiger partial charge in [-0.2, -0.15) is 0 Å². The standard InChI is InChI=1S/C12H19N3O2/c1-3-4-7-17-11-8-9(15-12(13)14)5-6-10(11)16-2/h5-6,8H,3-4,7H2,1-2H3,(H4,13,14,15). The molecule has 0 amide bonds. The quantitative estimate of drug-likeness (QED) is 0.449. The highest BCUT2D eigenvalue weighted by Crippen LogP contribution is 2.31. The van der Waals surface area contributed by atoms with Gasteiger partial charge in [0, 0.05) is 6.07 Å². The average molecular weight is 237 g/mol. The van der Waals surface area contributed by atoms with E-state index in [-0.39, 0.29) is 5.96 Å². The number of rotatable bonds is 6. The molecule has 1 rings (SSSR count). The van der Waals surface area contributed by atoms with E-state index >= 15 is 0 Å². The summed E-state index contributed by atoms with van der Waals surface area (Å²) in [5, 5.41) is 0. The highest BCUT2D eigenvalue weighted by atomic mass is 16.5. The molecule has 1 aromatic carbocycles. The van der Waals surface area contributed by atoms with Gasteiger partial charge >= 0.3 is 0 Å². The van der Waals surface area contributed by atoms with E-state index < -0.39 is 0 Å². The molecule has 5 heteroatoms. The Hall–Kier alpha value is -1.91. The Kier molecular flexibility index (Phi) is 5.13. The molecule has 0 atom stereocenters. The summed E-state index contributed by atoms with van der Waals surface area (Å²) in [5.74, 6) is 1.36. The molecule has 0 aliphatic rings. The van der Waals surface area contributed by atoms with Gasteiger partial charge in [-0.1, -0.05) is 13.3 Å². The van der Waals surface area contributed by atoms with Crippen molar-refractivity contribution in [1.82, 2.24) is 0 Å². The number of ether oxygens (including phenoxy) is 2. The lowest BCUT2D eigenvalue weighted by atomic mass is 10.3. The van der Waals surface area contributed by atoms with Crippen molar-refractivity contribution in [3.8, 4) is 11.5 Å². The van der Waals surface area contributed by atoms with Crippen LogP contribution < -0.4 is 20.9 Å². The van der Waals surface area contributed by atoms with E-state index in [1.54, 1.807) is 25.3 Å². The summed E-state index contributed by atoms with van der Waals surface area (Å²) in [6, 6.07) is 5.31. The number of hydrogen-bond acceptors (Lipinski definition) is 3. The number of unbranched alkanes of at least 4 members (excludes halogenated alkanes) is 1. The Morgan fingerprint density at radius 3 is 2.65 bits per heavy atom. The van der Waals surface area contributed by atoms with Crippen LogP contribution >= 0.6 is 0 Å². The first kappa shape index (κ1) is 13.2. The minimum Gasteiger partial charge on any atom is -0.493 e. The van der Waals surface area contributed by atoms with Crippen LogP contribution in [0.15, 0.2) is 23.2 Å². The third kappa shape index (κ3) is 4.22. The molecule has 0 heterocycles. The van der Waals surface area contributed by atoms with E-state index in [1.807, 2.05) is 0 Å². The summed E-state index contributed by atoms with van der Waals surface area (Å²) in [4.78, 5) is 3.96. The normalized spacial score (nSPS) is 9.76. The molecule has 0 aliphatic heterocycles. The number of nitrogens with two attached hydrogens (primary N) is 2. The van der Waals surface area contributed by atoms with Gasteiger partial charge in [-0.15, -0.1) is 0 Å². The van der Waals surface area contributed by atoms with Gasteiger partial charge in [0.15, 0.2) is 17.5 Å². The van der Waals surface area contributed by atoms with Crippen LogP contribution in [0.4, 0.5) is 5.69 Å². The van der Waals surface area contributed by atoms with Crippen molar-refractivity contribution in [1.29, 1.82) is 0 Å². The zero-order valence-electron chi connectivity index (χ0n) is 10.3. The highest BCUT2D eigenvalue weighted by Gasteiger charge is 2.05. The van der Waals surface area contributed by atoms with Gasteiger partial charge in [0.2, 0.25) is 0 Å². The highest BCUT2D eigenvalue weighted by molar-refractivity contribution is 5.79. The Morgan fingerprint density at radius 1 is 1.29 bits per heavy atom. The minimum atomic E-state index is 0.0228. The Balaban J connectivity index is 2.86. The Labute approximate surface area is 101 Å². The van der Waals surface area contributed by atoms with Crippen molar-refractivity contribution in [2.45, 2.75) is 19.8 Å². The van der Waals surface area contributed by atoms with Gasteiger partial charge in [0.1, 0.15) is 0 Å². The van der Waals surface area contributed by atoms with Gasteiger partial charge in [-0.3, -0.25) is 0 Å². The summed E-state index contributed by atoms with van der Waals surface area (Å²) in [6.07, 6.45) is 2.07. The van der Waals surface area contributed by atoms with Crippen LogP contribution in [0.3, 0.4) is 0 Å². The molecule has 4 N–H and O–H groups in total. The Bertz CT molecular complexity index is 387. The van der Waals surface area contributed by atoms with E-state index in [0.717, 1.165) is 12.8 Å². The van der Waals surface area contributed by atoms with Gasteiger partial charge in [0.25, 0.3) is 0 Å². The van der Waals surface area contributed by atoms with Crippen molar-refractivity contribution < 1.29 is 9.47 Å². The van der Waals surface area contributed by atoms with Crippen LogP contribution in [0, 0.1) is 0 Å². The topological polar surface area (TPSA) is 82.9 Å². The third-order valence-electron chi connectivity index (χ3n) is 2.16.